The van der Waals surface area contributed by atoms with E-state index < -0.39 is 23.6 Å². The van der Waals surface area contributed by atoms with Crippen LogP contribution in [0.25, 0.3) is 0 Å². The van der Waals surface area contributed by atoms with Gasteiger partial charge in [-0.2, -0.15) is 0 Å². The largest absolute Gasteiger partial charge is 0.573 e. The highest BCUT2D eigenvalue weighted by Gasteiger charge is 2.34. The maximum Gasteiger partial charge on any atom is 0.573 e. The Bertz CT molecular complexity index is 408. The molecule has 0 radical (unpaired) electrons. The van der Waals surface area contributed by atoms with Crippen LogP contribution in [-0.4, -0.2) is 24.4 Å². The van der Waals surface area contributed by atoms with Crippen molar-refractivity contribution in [2.24, 2.45) is 0 Å². The number of hydrogen-bond acceptors (Lipinski definition) is 4. The fraction of sp³-hybridized carbons (Fsp3) is 0.250. The topological polar surface area (TPSA) is 48.4 Å². The Morgan fingerprint density at radius 1 is 1.50 bits per heavy atom. The second-order valence-electron chi connectivity index (χ2n) is 2.51. The number of carbonyl (C=O) groups excluding carboxylic acids is 1. The molecule has 1 rings (SSSR count). The number of rotatable bonds is 2. The van der Waals surface area contributed by atoms with Crippen molar-refractivity contribution < 1.29 is 27.4 Å². The molecule has 0 aromatic carbocycles. The average Bonchev–Trinajstić information content (AvgIpc) is 2.14. The third kappa shape index (κ3) is 3.09. The fourth-order valence-corrected chi connectivity index (χ4v) is 1.39. The van der Waals surface area contributed by atoms with Crippen molar-refractivity contribution in [3.63, 3.8) is 0 Å². The lowest BCUT2D eigenvalue weighted by Gasteiger charge is -2.12. The first-order valence-corrected chi connectivity index (χ1v) is 4.63. The van der Waals surface area contributed by atoms with Gasteiger partial charge < -0.3 is 9.47 Å². The van der Waals surface area contributed by atoms with Crippen LogP contribution in [0.4, 0.5) is 13.2 Å². The van der Waals surface area contributed by atoms with Gasteiger partial charge in [-0.05, 0) is 22.0 Å². The van der Waals surface area contributed by atoms with Gasteiger partial charge in [-0.3, -0.25) is 0 Å². The predicted octanol–water partition coefficient (Wildman–Crippen LogP) is 2.53. The molecular weight excluding hydrogens is 295 g/mol. The summed E-state index contributed by atoms with van der Waals surface area (Å²) in [6.07, 6.45) is -3.82. The van der Waals surface area contributed by atoms with Crippen LogP contribution < -0.4 is 4.74 Å². The fourth-order valence-electron chi connectivity index (χ4n) is 0.917. The van der Waals surface area contributed by atoms with Gasteiger partial charge in [-0.25, -0.2) is 9.78 Å². The van der Waals surface area contributed by atoms with E-state index in [1.165, 1.54) is 0 Å². The summed E-state index contributed by atoms with van der Waals surface area (Å²) in [5.41, 5.74) is -0.415. The molecule has 1 heterocycles. The number of pyridine rings is 1. The monoisotopic (exact) mass is 299 g/mol. The highest BCUT2D eigenvalue weighted by molar-refractivity contribution is 9.10. The molecule has 4 nitrogen and oxygen atoms in total. The molecule has 0 saturated heterocycles. The summed E-state index contributed by atoms with van der Waals surface area (Å²) in [6.45, 7) is 0. The van der Waals surface area contributed by atoms with Gasteiger partial charge in [0.1, 0.15) is 15.9 Å². The Kier molecular flexibility index (Phi) is 3.74. The number of hydrogen-bond donors (Lipinski definition) is 0. The molecule has 0 saturated carbocycles. The Hall–Kier alpha value is -1.31. The third-order valence-electron chi connectivity index (χ3n) is 1.48. The van der Waals surface area contributed by atoms with Gasteiger partial charge >= 0.3 is 12.3 Å². The summed E-state index contributed by atoms with van der Waals surface area (Å²) < 4.78 is 43.9. The number of ether oxygens (including phenoxy) is 2. The quantitative estimate of drug-likeness (QED) is 0.622. The van der Waals surface area contributed by atoms with Gasteiger partial charge in [0.2, 0.25) is 0 Å². The van der Waals surface area contributed by atoms with Gasteiger partial charge in [0.15, 0.2) is 0 Å². The smallest absolute Gasteiger partial charge is 0.465 e. The van der Waals surface area contributed by atoms with Gasteiger partial charge in [-0.15, -0.1) is 13.2 Å². The zero-order valence-electron chi connectivity index (χ0n) is 7.84. The molecule has 88 valence electrons. The normalized spacial score (nSPS) is 11.1. The van der Waals surface area contributed by atoms with Crippen molar-refractivity contribution >= 4 is 21.9 Å². The molecular formula is C8H5BrF3NO3. The van der Waals surface area contributed by atoms with Crippen LogP contribution >= 0.6 is 15.9 Å². The molecule has 0 aliphatic carbocycles. The van der Waals surface area contributed by atoms with E-state index in [1.807, 2.05) is 0 Å². The zero-order chi connectivity index (χ0) is 12.3. The molecule has 0 atom stereocenters. The molecule has 8 heteroatoms. The first-order valence-electron chi connectivity index (χ1n) is 3.83. The minimum Gasteiger partial charge on any atom is -0.465 e. The SMILES string of the molecule is COC(=O)c1c(OC(F)(F)F)ccnc1Br. The van der Waals surface area contributed by atoms with Gasteiger partial charge in [0, 0.05) is 6.20 Å². The minimum atomic E-state index is -4.89. The van der Waals surface area contributed by atoms with Crippen LogP contribution in [0.1, 0.15) is 10.4 Å². The van der Waals surface area contributed by atoms with Crippen molar-refractivity contribution in [2.75, 3.05) is 7.11 Å². The maximum atomic E-state index is 12.0. The molecule has 0 aliphatic rings. The molecule has 0 unspecified atom stereocenters. The van der Waals surface area contributed by atoms with Gasteiger partial charge in [-0.1, -0.05) is 0 Å². The first kappa shape index (κ1) is 12.8. The van der Waals surface area contributed by atoms with Crippen LogP contribution in [0.15, 0.2) is 16.9 Å². The number of methoxy groups -OCH3 is 1. The summed E-state index contributed by atoms with van der Waals surface area (Å²) in [5, 5.41) is 0. The van der Waals surface area contributed by atoms with Gasteiger partial charge in [0.05, 0.1) is 7.11 Å². The molecule has 1 aromatic rings. The lowest BCUT2D eigenvalue weighted by atomic mass is 10.2. The van der Waals surface area contributed by atoms with E-state index >= 15 is 0 Å². The number of carbonyl (C=O) groups is 1. The molecule has 16 heavy (non-hydrogen) atoms. The van der Waals surface area contributed by atoms with Crippen molar-refractivity contribution in [2.45, 2.75) is 6.36 Å². The van der Waals surface area contributed by atoms with Gasteiger partial charge in [0.25, 0.3) is 0 Å². The molecule has 0 N–H and O–H groups in total. The van der Waals surface area contributed by atoms with Crippen molar-refractivity contribution in [1.29, 1.82) is 0 Å². The van der Waals surface area contributed by atoms with Crippen LogP contribution in [0.3, 0.4) is 0 Å². The number of aromatic nitrogens is 1. The van der Waals surface area contributed by atoms with E-state index in [2.05, 4.69) is 30.4 Å². The Morgan fingerprint density at radius 3 is 2.62 bits per heavy atom. The molecule has 0 spiro atoms. The lowest BCUT2D eigenvalue weighted by Crippen LogP contribution is -2.19. The Morgan fingerprint density at radius 2 is 2.12 bits per heavy atom. The standard InChI is InChI=1S/C8H5BrF3NO3/c1-15-7(14)5-4(16-8(10,11)12)2-3-13-6(5)9/h2-3H,1H3. The van der Waals surface area contributed by atoms with Crippen molar-refractivity contribution in [3.8, 4) is 5.75 Å². The molecule has 0 amide bonds. The Labute approximate surface area is 96.5 Å². The Balaban J connectivity index is 3.18. The third-order valence-corrected chi connectivity index (χ3v) is 2.08. The molecule has 0 bridgehead atoms. The number of alkyl halides is 3. The van der Waals surface area contributed by atoms with E-state index in [4.69, 9.17) is 0 Å². The summed E-state index contributed by atoms with van der Waals surface area (Å²) >= 11 is 2.84. The second-order valence-corrected chi connectivity index (χ2v) is 3.27. The second kappa shape index (κ2) is 4.69. The number of esters is 1. The minimum absolute atomic E-state index is 0.0823. The van der Waals surface area contributed by atoms with E-state index in [0.29, 0.717) is 0 Å². The van der Waals surface area contributed by atoms with E-state index in [0.717, 1.165) is 19.4 Å². The summed E-state index contributed by atoms with van der Waals surface area (Å²) in [4.78, 5) is 14.8. The van der Waals surface area contributed by atoms with Crippen molar-refractivity contribution in [1.82, 2.24) is 4.98 Å². The summed E-state index contributed by atoms with van der Waals surface area (Å²) in [5.74, 6) is -1.64. The number of nitrogens with zero attached hydrogens (tertiary/aromatic N) is 1. The summed E-state index contributed by atoms with van der Waals surface area (Å²) in [6, 6.07) is 0.921. The zero-order valence-corrected chi connectivity index (χ0v) is 9.42. The van der Waals surface area contributed by atoms with E-state index in [-0.39, 0.29) is 4.60 Å². The van der Waals surface area contributed by atoms with E-state index in [9.17, 15) is 18.0 Å². The summed E-state index contributed by atoms with van der Waals surface area (Å²) in [7, 11) is 1.04. The van der Waals surface area contributed by atoms with E-state index in [1.54, 1.807) is 0 Å². The van der Waals surface area contributed by atoms with Crippen LogP contribution in [0, 0.1) is 0 Å². The number of halogens is 4. The highest BCUT2D eigenvalue weighted by Crippen LogP contribution is 2.30. The maximum absolute atomic E-state index is 12.0. The predicted molar refractivity (Wildman–Crippen MR) is 50.0 cm³/mol. The lowest BCUT2D eigenvalue weighted by molar-refractivity contribution is -0.274. The highest BCUT2D eigenvalue weighted by atomic mass is 79.9. The van der Waals surface area contributed by atoms with Crippen LogP contribution in [0.5, 0.6) is 5.75 Å². The van der Waals surface area contributed by atoms with Crippen LogP contribution in [-0.2, 0) is 4.74 Å². The van der Waals surface area contributed by atoms with Crippen molar-refractivity contribution in [3.05, 3.63) is 22.4 Å². The average molecular weight is 300 g/mol. The first-order chi connectivity index (χ1) is 7.35. The molecule has 0 fully saturated rings. The molecule has 0 aliphatic heterocycles. The molecule has 1 aromatic heterocycles. The van der Waals surface area contributed by atoms with Crippen LogP contribution in [0.2, 0.25) is 0 Å².